The highest BCUT2D eigenvalue weighted by Crippen LogP contribution is 2.21. The van der Waals surface area contributed by atoms with Crippen LogP contribution in [-0.2, 0) is 0 Å². The van der Waals surface area contributed by atoms with Gasteiger partial charge in [0, 0.05) is 6.61 Å². The fourth-order valence-electron chi connectivity index (χ4n) is 1.68. The number of aliphatic hydroxyl groups is 3. The highest BCUT2D eigenvalue weighted by atomic mass is 16.3. The van der Waals surface area contributed by atoms with Crippen LogP contribution in [0, 0.1) is 0 Å². The molecule has 0 aromatic heterocycles. The molecule has 3 nitrogen and oxygen atoms in total. The third kappa shape index (κ3) is 6.88. The zero-order valence-corrected chi connectivity index (χ0v) is 10.1. The number of hydrogen-bond acceptors (Lipinski definition) is 3. The van der Waals surface area contributed by atoms with Gasteiger partial charge in [-0.25, -0.2) is 0 Å². The Morgan fingerprint density at radius 2 is 1.80 bits per heavy atom. The molecule has 0 fully saturated rings. The summed E-state index contributed by atoms with van der Waals surface area (Å²) in [6, 6.07) is 0. The molecule has 0 amide bonds. The highest BCUT2D eigenvalue weighted by molar-refractivity contribution is 4.81. The van der Waals surface area contributed by atoms with Gasteiger partial charge in [-0.2, -0.15) is 0 Å². The van der Waals surface area contributed by atoms with Crippen molar-refractivity contribution in [2.45, 2.75) is 70.5 Å². The van der Waals surface area contributed by atoms with Crippen molar-refractivity contribution in [3.8, 4) is 0 Å². The summed E-state index contributed by atoms with van der Waals surface area (Å²) < 4.78 is 0. The van der Waals surface area contributed by atoms with E-state index in [9.17, 15) is 10.2 Å². The summed E-state index contributed by atoms with van der Waals surface area (Å²) in [6.45, 7) is 3.86. The molecular formula is C12H26O3. The van der Waals surface area contributed by atoms with Crippen LogP contribution in [0.2, 0.25) is 0 Å². The van der Waals surface area contributed by atoms with E-state index in [2.05, 4.69) is 6.92 Å². The van der Waals surface area contributed by atoms with Crippen LogP contribution >= 0.6 is 0 Å². The van der Waals surface area contributed by atoms with Gasteiger partial charge in [0.1, 0.15) is 0 Å². The van der Waals surface area contributed by atoms with E-state index >= 15 is 0 Å². The minimum absolute atomic E-state index is 0.0682. The van der Waals surface area contributed by atoms with Gasteiger partial charge in [-0.3, -0.25) is 0 Å². The molecule has 3 heteroatoms. The van der Waals surface area contributed by atoms with E-state index in [4.69, 9.17) is 5.11 Å². The van der Waals surface area contributed by atoms with E-state index in [1.165, 1.54) is 12.8 Å². The molecular weight excluding hydrogens is 192 g/mol. The maximum absolute atomic E-state index is 9.91. The third-order valence-corrected chi connectivity index (χ3v) is 2.89. The topological polar surface area (TPSA) is 60.7 Å². The third-order valence-electron chi connectivity index (χ3n) is 2.89. The van der Waals surface area contributed by atoms with E-state index in [1.54, 1.807) is 6.92 Å². The summed E-state index contributed by atoms with van der Waals surface area (Å²) in [7, 11) is 0. The maximum atomic E-state index is 9.91. The lowest BCUT2D eigenvalue weighted by atomic mass is 9.90. The number of rotatable bonds is 9. The van der Waals surface area contributed by atoms with Crippen molar-refractivity contribution in [3.63, 3.8) is 0 Å². The van der Waals surface area contributed by atoms with E-state index in [0.29, 0.717) is 19.3 Å². The van der Waals surface area contributed by atoms with Crippen LogP contribution in [0.25, 0.3) is 0 Å². The predicted molar refractivity (Wildman–Crippen MR) is 61.7 cm³/mol. The van der Waals surface area contributed by atoms with Gasteiger partial charge in [-0.1, -0.05) is 32.6 Å². The Labute approximate surface area is 93.1 Å². The summed E-state index contributed by atoms with van der Waals surface area (Å²) in [4.78, 5) is 0. The highest BCUT2D eigenvalue weighted by Gasteiger charge is 2.28. The van der Waals surface area contributed by atoms with Crippen molar-refractivity contribution in [2.24, 2.45) is 0 Å². The Morgan fingerprint density at radius 1 is 1.13 bits per heavy atom. The molecule has 15 heavy (non-hydrogen) atoms. The van der Waals surface area contributed by atoms with Crippen LogP contribution in [0.3, 0.4) is 0 Å². The molecule has 92 valence electrons. The van der Waals surface area contributed by atoms with Crippen LogP contribution in [0.15, 0.2) is 0 Å². The van der Waals surface area contributed by atoms with E-state index in [-0.39, 0.29) is 6.61 Å². The quantitative estimate of drug-likeness (QED) is 0.517. The SMILES string of the molecule is CCCCCCC(O)C(C)(O)CCCO. The standard InChI is InChI=1S/C12H26O3/c1-3-4-5-6-8-11(14)12(2,15)9-7-10-13/h11,13-15H,3-10H2,1-2H3. The monoisotopic (exact) mass is 218 g/mol. The number of hydrogen-bond donors (Lipinski definition) is 3. The first-order valence-corrected chi connectivity index (χ1v) is 6.06. The molecule has 0 bridgehead atoms. The maximum Gasteiger partial charge on any atom is 0.0878 e. The summed E-state index contributed by atoms with van der Waals surface area (Å²) >= 11 is 0. The van der Waals surface area contributed by atoms with Crippen LogP contribution in [0.1, 0.15) is 58.8 Å². The van der Waals surface area contributed by atoms with Gasteiger partial charge in [0.15, 0.2) is 0 Å². The summed E-state index contributed by atoms with van der Waals surface area (Å²) in [5.41, 5.74) is -1.05. The number of unbranched alkanes of at least 4 members (excludes halogenated alkanes) is 3. The van der Waals surface area contributed by atoms with Gasteiger partial charge < -0.3 is 15.3 Å². The lowest BCUT2D eigenvalue weighted by molar-refractivity contribution is -0.0735. The zero-order chi connectivity index (χ0) is 11.7. The molecule has 0 aromatic rings. The van der Waals surface area contributed by atoms with Crippen LogP contribution < -0.4 is 0 Å². The Hall–Kier alpha value is -0.120. The molecule has 0 rings (SSSR count). The largest absolute Gasteiger partial charge is 0.396 e. The number of aliphatic hydroxyl groups excluding tert-OH is 2. The van der Waals surface area contributed by atoms with Gasteiger partial charge in [0.05, 0.1) is 11.7 Å². The van der Waals surface area contributed by atoms with Crippen LogP contribution in [0.4, 0.5) is 0 Å². The molecule has 0 saturated heterocycles. The second kappa shape index (κ2) is 8.08. The Bertz CT molecular complexity index is 146. The fourth-order valence-corrected chi connectivity index (χ4v) is 1.68. The summed E-state index contributed by atoms with van der Waals surface area (Å²) in [6.07, 6.45) is 5.42. The van der Waals surface area contributed by atoms with Crippen molar-refractivity contribution in [3.05, 3.63) is 0 Å². The first-order chi connectivity index (χ1) is 7.04. The lowest BCUT2D eigenvalue weighted by Crippen LogP contribution is -2.39. The molecule has 0 radical (unpaired) electrons. The molecule has 0 aromatic carbocycles. The van der Waals surface area contributed by atoms with Gasteiger partial charge in [0.25, 0.3) is 0 Å². The molecule has 0 saturated carbocycles. The average Bonchev–Trinajstić information content (AvgIpc) is 2.21. The Balaban J connectivity index is 3.70. The van der Waals surface area contributed by atoms with Crippen molar-refractivity contribution in [2.75, 3.05) is 6.61 Å². The first-order valence-electron chi connectivity index (χ1n) is 6.06. The van der Waals surface area contributed by atoms with E-state index in [1.807, 2.05) is 0 Å². The second-order valence-corrected chi connectivity index (χ2v) is 4.55. The molecule has 0 aliphatic rings. The smallest absolute Gasteiger partial charge is 0.0878 e. The Kier molecular flexibility index (Phi) is 8.02. The first kappa shape index (κ1) is 14.9. The van der Waals surface area contributed by atoms with E-state index < -0.39 is 11.7 Å². The fraction of sp³-hybridized carbons (Fsp3) is 1.00. The normalized spacial score (nSPS) is 17.4. The van der Waals surface area contributed by atoms with E-state index in [0.717, 1.165) is 12.8 Å². The second-order valence-electron chi connectivity index (χ2n) is 4.55. The zero-order valence-electron chi connectivity index (χ0n) is 10.1. The molecule has 2 atom stereocenters. The van der Waals surface area contributed by atoms with Gasteiger partial charge in [-0.15, -0.1) is 0 Å². The summed E-state index contributed by atoms with van der Waals surface area (Å²) in [5, 5.41) is 28.3. The lowest BCUT2D eigenvalue weighted by Gasteiger charge is -2.29. The minimum Gasteiger partial charge on any atom is -0.396 e. The average molecular weight is 218 g/mol. The van der Waals surface area contributed by atoms with Gasteiger partial charge in [-0.05, 0) is 26.2 Å². The van der Waals surface area contributed by atoms with Crippen molar-refractivity contribution >= 4 is 0 Å². The van der Waals surface area contributed by atoms with Crippen LogP contribution in [-0.4, -0.2) is 33.6 Å². The molecule has 2 unspecified atom stereocenters. The Morgan fingerprint density at radius 3 is 2.33 bits per heavy atom. The molecule has 0 heterocycles. The van der Waals surface area contributed by atoms with Gasteiger partial charge >= 0.3 is 0 Å². The van der Waals surface area contributed by atoms with Crippen molar-refractivity contribution in [1.82, 2.24) is 0 Å². The molecule has 0 aliphatic heterocycles. The molecule has 3 N–H and O–H groups in total. The van der Waals surface area contributed by atoms with Gasteiger partial charge in [0.2, 0.25) is 0 Å². The van der Waals surface area contributed by atoms with Crippen LogP contribution in [0.5, 0.6) is 0 Å². The molecule has 0 aliphatic carbocycles. The van der Waals surface area contributed by atoms with Crippen molar-refractivity contribution < 1.29 is 15.3 Å². The summed E-state index contributed by atoms with van der Waals surface area (Å²) in [5.74, 6) is 0. The predicted octanol–water partition coefficient (Wildman–Crippen LogP) is 1.84. The van der Waals surface area contributed by atoms with Crippen molar-refractivity contribution in [1.29, 1.82) is 0 Å². The molecule has 0 spiro atoms. The minimum atomic E-state index is -1.05.